The lowest BCUT2D eigenvalue weighted by Crippen LogP contribution is -2.20. The van der Waals surface area contributed by atoms with E-state index in [1.165, 1.54) is 6.07 Å². The number of carbonyl (C=O) groups is 1. The molecule has 1 heterocycles. The number of anilines is 1. The summed E-state index contributed by atoms with van der Waals surface area (Å²) >= 11 is 0. The van der Waals surface area contributed by atoms with E-state index in [-0.39, 0.29) is 24.2 Å². The summed E-state index contributed by atoms with van der Waals surface area (Å²) in [6.07, 6.45) is -4.48. The quantitative estimate of drug-likeness (QED) is 0.776. The van der Waals surface area contributed by atoms with Crippen molar-refractivity contribution in [2.45, 2.75) is 26.9 Å². The molecule has 1 aromatic rings. The maximum absolute atomic E-state index is 13.0. The standard InChI is InChI=1S/C16H20F3NO3S/c1-10(2)8-23-14-6-12(16(17,18)19)4-5-13(14)20-7-11(3)9-24(20)15(21)22/h4-6,9-11H,7-8H2,1-3H3,(H,21,22). The normalized spacial score (nSPS) is 21.0. The molecular weight excluding hydrogens is 343 g/mol. The molecule has 0 spiro atoms. The first kappa shape index (κ1) is 18.6. The molecule has 0 saturated heterocycles. The molecule has 2 atom stereocenters. The van der Waals surface area contributed by atoms with Gasteiger partial charge in [-0.05, 0) is 29.5 Å². The first-order valence-electron chi connectivity index (χ1n) is 7.52. The molecule has 1 aromatic carbocycles. The fraction of sp³-hybridized carbons (Fsp3) is 0.500. The number of carboxylic acid groups (broad SMARTS) is 1. The highest BCUT2D eigenvalue weighted by molar-refractivity contribution is 8.28. The van der Waals surface area contributed by atoms with Crippen molar-refractivity contribution < 1.29 is 27.8 Å². The van der Waals surface area contributed by atoms with Gasteiger partial charge in [0.05, 0.1) is 17.9 Å². The molecule has 2 unspecified atom stereocenters. The van der Waals surface area contributed by atoms with Crippen molar-refractivity contribution in [2.24, 2.45) is 11.8 Å². The molecule has 1 N–H and O–H groups in total. The molecule has 0 bridgehead atoms. The fourth-order valence-electron chi connectivity index (χ4n) is 2.30. The molecule has 1 aliphatic heterocycles. The molecule has 1 aliphatic rings. The molecule has 0 amide bonds. The van der Waals surface area contributed by atoms with Crippen LogP contribution in [-0.2, 0) is 6.18 Å². The van der Waals surface area contributed by atoms with Crippen LogP contribution < -0.4 is 9.04 Å². The largest absolute Gasteiger partial charge is 0.491 e. The number of alkyl halides is 3. The number of rotatable bonds is 4. The van der Waals surface area contributed by atoms with Gasteiger partial charge in [0.15, 0.2) is 0 Å². The van der Waals surface area contributed by atoms with E-state index in [0.29, 0.717) is 12.2 Å². The van der Waals surface area contributed by atoms with Gasteiger partial charge in [0.1, 0.15) is 5.75 Å². The van der Waals surface area contributed by atoms with Crippen LogP contribution in [0.4, 0.5) is 23.7 Å². The molecule has 2 rings (SSSR count). The Kier molecular flexibility index (Phi) is 5.47. The second kappa shape index (κ2) is 7.04. The van der Waals surface area contributed by atoms with Crippen molar-refractivity contribution in [3.05, 3.63) is 23.8 Å². The molecule has 0 fully saturated rings. The van der Waals surface area contributed by atoms with Crippen LogP contribution in [0, 0.1) is 11.8 Å². The van der Waals surface area contributed by atoms with Crippen molar-refractivity contribution in [1.82, 2.24) is 0 Å². The van der Waals surface area contributed by atoms with Crippen LogP contribution in [0.5, 0.6) is 5.75 Å². The highest BCUT2D eigenvalue weighted by Crippen LogP contribution is 2.42. The van der Waals surface area contributed by atoms with Gasteiger partial charge in [-0.2, -0.15) is 13.2 Å². The molecule has 8 heteroatoms. The summed E-state index contributed by atoms with van der Waals surface area (Å²) in [6, 6.07) is 3.21. The third-order valence-electron chi connectivity index (χ3n) is 3.36. The lowest BCUT2D eigenvalue weighted by Gasteiger charge is -2.25. The Hall–Kier alpha value is -1.70. The lowest BCUT2D eigenvalue weighted by atomic mass is 10.1. The van der Waals surface area contributed by atoms with E-state index in [2.05, 4.69) is 0 Å². The van der Waals surface area contributed by atoms with Crippen molar-refractivity contribution >= 4 is 27.0 Å². The molecular formula is C16H20F3NO3S. The Morgan fingerprint density at radius 3 is 2.67 bits per heavy atom. The van der Waals surface area contributed by atoms with Crippen LogP contribution in [-0.4, -0.2) is 28.9 Å². The Balaban J connectivity index is 2.44. The van der Waals surface area contributed by atoms with E-state index < -0.39 is 27.7 Å². The van der Waals surface area contributed by atoms with Gasteiger partial charge in [-0.1, -0.05) is 20.8 Å². The van der Waals surface area contributed by atoms with Gasteiger partial charge in [0, 0.05) is 23.1 Å². The minimum atomic E-state index is -4.48. The van der Waals surface area contributed by atoms with Gasteiger partial charge in [-0.15, -0.1) is 0 Å². The minimum Gasteiger partial charge on any atom is -0.491 e. The summed E-state index contributed by atoms with van der Waals surface area (Å²) in [6.45, 7) is 6.34. The van der Waals surface area contributed by atoms with Crippen LogP contribution >= 0.6 is 10.7 Å². The average molecular weight is 363 g/mol. The molecule has 0 saturated carbocycles. The van der Waals surface area contributed by atoms with Crippen molar-refractivity contribution in [3.63, 3.8) is 0 Å². The van der Waals surface area contributed by atoms with Crippen LogP contribution in [0.1, 0.15) is 26.3 Å². The van der Waals surface area contributed by atoms with Crippen LogP contribution in [0.15, 0.2) is 18.2 Å². The van der Waals surface area contributed by atoms with E-state index in [1.807, 2.05) is 20.8 Å². The molecule has 134 valence electrons. The monoisotopic (exact) mass is 363 g/mol. The van der Waals surface area contributed by atoms with Gasteiger partial charge in [0.2, 0.25) is 0 Å². The second-order valence-corrected chi connectivity index (χ2v) is 7.83. The highest BCUT2D eigenvalue weighted by atomic mass is 32.2. The zero-order chi connectivity index (χ0) is 18.1. The highest BCUT2D eigenvalue weighted by Gasteiger charge is 2.33. The predicted molar refractivity (Wildman–Crippen MR) is 90.0 cm³/mol. The van der Waals surface area contributed by atoms with Gasteiger partial charge >= 0.3 is 11.5 Å². The Labute approximate surface area is 141 Å². The number of nitrogens with zero attached hydrogens (tertiary/aromatic N) is 1. The zero-order valence-corrected chi connectivity index (χ0v) is 14.4. The van der Waals surface area contributed by atoms with Crippen molar-refractivity contribution in [2.75, 3.05) is 17.5 Å². The van der Waals surface area contributed by atoms with E-state index in [1.54, 1.807) is 9.67 Å². The summed E-state index contributed by atoms with van der Waals surface area (Å²) in [7, 11) is -1.19. The number of hydrogen-bond donors (Lipinski definition) is 1. The van der Waals surface area contributed by atoms with E-state index >= 15 is 0 Å². The molecule has 0 radical (unpaired) electrons. The van der Waals surface area contributed by atoms with E-state index in [0.717, 1.165) is 12.1 Å². The van der Waals surface area contributed by atoms with Gasteiger partial charge in [0.25, 0.3) is 0 Å². The van der Waals surface area contributed by atoms with Crippen LogP contribution in [0.25, 0.3) is 0 Å². The van der Waals surface area contributed by atoms with E-state index in [4.69, 9.17) is 4.74 Å². The van der Waals surface area contributed by atoms with Crippen molar-refractivity contribution in [1.29, 1.82) is 0 Å². The minimum absolute atomic E-state index is 0.0321. The van der Waals surface area contributed by atoms with Crippen LogP contribution in [0.2, 0.25) is 0 Å². The number of ether oxygens (including phenoxy) is 1. The fourth-order valence-corrected chi connectivity index (χ4v) is 4.04. The summed E-state index contributed by atoms with van der Waals surface area (Å²) in [5, 5.41) is 10.1. The van der Waals surface area contributed by atoms with Gasteiger partial charge in [-0.25, -0.2) is 4.79 Å². The number of halogens is 3. The smallest absolute Gasteiger partial charge is 0.416 e. The molecule has 24 heavy (non-hydrogen) atoms. The number of hydrogen-bond acceptors (Lipinski definition) is 3. The summed E-state index contributed by atoms with van der Waals surface area (Å²) in [4.78, 5) is 11.5. The Morgan fingerprint density at radius 1 is 1.46 bits per heavy atom. The molecule has 4 nitrogen and oxygen atoms in total. The summed E-state index contributed by atoms with van der Waals surface area (Å²) < 4.78 is 46.1. The third-order valence-corrected chi connectivity index (χ3v) is 5.26. The lowest BCUT2D eigenvalue weighted by molar-refractivity contribution is -0.137. The van der Waals surface area contributed by atoms with Gasteiger partial charge < -0.3 is 14.1 Å². The summed E-state index contributed by atoms with van der Waals surface area (Å²) in [5.41, 5.74) is -0.425. The first-order chi connectivity index (χ1) is 11.1. The topological polar surface area (TPSA) is 49.8 Å². The van der Waals surface area contributed by atoms with Gasteiger partial charge in [-0.3, -0.25) is 0 Å². The Bertz CT molecular complexity index is 658. The predicted octanol–water partition coefficient (Wildman–Crippen LogP) is 4.86. The molecule has 0 aromatic heterocycles. The van der Waals surface area contributed by atoms with E-state index in [9.17, 15) is 23.1 Å². The SMILES string of the molecule is CC(C)COc1cc(C(F)(F)F)ccc1N1CC(C)C=S1C(=O)O. The molecule has 0 aliphatic carbocycles. The average Bonchev–Trinajstić information content (AvgIpc) is 2.86. The Morgan fingerprint density at radius 2 is 2.12 bits per heavy atom. The first-order valence-corrected chi connectivity index (χ1v) is 8.76. The zero-order valence-electron chi connectivity index (χ0n) is 13.6. The maximum Gasteiger partial charge on any atom is 0.416 e. The second-order valence-electron chi connectivity index (χ2n) is 6.14. The summed E-state index contributed by atoms with van der Waals surface area (Å²) in [5.74, 6) is 0.235. The van der Waals surface area contributed by atoms with Crippen LogP contribution in [0.3, 0.4) is 0 Å². The van der Waals surface area contributed by atoms with Crippen molar-refractivity contribution in [3.8, 4) is 5.75 Å². The number of benzene rings is 1. The third kappa shape index (κ3) is 4.23. The maximum atomic E-state index is 13.0.